The van der Waals surface area contributed by atoms with Crippen LogP contribution in [0.1, 0.15) is 128 Å². The molecule has 0 amide bonds. The van der Waals surface area contributed by atoms with Crippen LogP contribution in [-0.4, -0.2) is 16.6 Å². The van der Waals surface area contributed by atoms with Gasteiger partial charge in [-0.05, 0) is 117 Å². The Labute approximate surface area is 382 Å². The van der Waals surface area contributed by atoms with Crippen LogP contribution < -0.4 is 10.6 Å². The molecule has 6 aromatic carbocycles. The number of hydrogen-bond donors (Lipinski definition) is 2. The van der Waals surface area contributed by atoms with Crippen molar-refractivity contribution in [1.29, 1.82) is 0 Å². The molecule has 0 fully saturated rings. The molecule has 6 heteroatoms. The molecule has 0 aliphatic carbocycles. The Hall–Kier alpha value is -3.98. The Balaban J connectivity index is 1.45. The van der Waals surface area contributed by atoms with Gasteiger partial charge in [0.1, 0.15) is 0 Å². The van der Waals surface area contributed by atoms with Gasteiger partial charge in [0.15, 0.2) is 6.79 Å². The van der Waals surface area contributed by atoms with E-state index in [0.29, 0.717) is 10.6 Å². The molecule has 2 atom stereocenters. The van der Waals surface area contributed by atoms with Crippen molar-refractivity contribution < 1.29 is 18.8 Å². The molecule has 0 radical (unpaired) electrons. The second-order valence-electron chi connectivity index (χ2n) is 21.5. The Morgan fingerprint density at radius 1 is 0.365 bits per heavy atom. The molecule has 63 heavy (non-hydrogen) atoms. The highest BCUT2D eigenvalue weighted by Gasteiger charge is 2.31. The summed E-state index contributed by atoms with van der Waals surface area (Å²) in [4.78, 5) is 24.5. The van der Waals surface area contributed by atoms with Crippen molar-refractivity contribution in [2.45, 2.75) is 132 Å². The summed E-state index contributed by atoms with van der Waals surface area (Å²) in [5, 5.41) is 1.41. The molecule has 332 valence electrons. The summed E-state index contributed by atoms with van der Waals surface area (Å²) in [5.41, 5.74) is 17.4. The maximum Gasteiger partial charge on any atom is 0.205 e. The normalized spacial score (nSPS) is 13.6. The summed E-state index contributed by atoms with van der Waals surface area (Å²) in [6, 6.07) is 38.9. The zero-order chi connectivity index (χ0) is 46.4. The minimum Gasteiger partial charge on any atom is -0.346 e. The Bertz CT molecular complexity index is 2430. The van der Waals surface area contributed by atoms with E-state index in [1.165, 1.54) is 44.5 Å². The molecule has 2 unspecified atom stereocenters. The summed E-state index contributed by atoms with van der Waals surface area (Å²) >= 11 is 0. The fourth-order valence-electron chi connectivity index (χ4n) is 8.70. The Kier molecular flexibility index (Phi) is 14.2. The second-order valence-corrected chi connectivity index (χ2v) is 24.1. The van der Waals surface area contributed by atoms with Crippen molar-refractivity contribution in [2.24, 2.45) is 0 Å². The number of benzene rings is 6. The monoisotopic (exact) mass is 880 g/mol. The van der Waals surface area contributed by atoms with Crippen molar-refractivity contribution in [3.63, 3.8) is 0 Å². The molecule has 0 aromatic heterocycles. The minimum atomic E-state index is -2.19. The molecule has 2 N–H and O–H groups in total. The highest BCUT2D eigenvalue weighted by atomic mass is 31.2. The van der Waals surface area contributed by atoms with Crippen LogP contribution in [0.4, 0.5) is 0 Å². The Morgan fingerprint density at radius 2 is 0.635 bits per heavy atom. The lowest BCUT2D eigenvalue weighted by molar-refractivity contribution is 0.128. The first-order valence-corrected chi connectivity index (χ1v) is 24.7. The quantitative estimate of drug-likeness (QED) is 0.106. The summed E-state index contributed by atoms with van der Waals surface area (Å²) < 4.78 is 12.6. The van der Waals surface area contributed by atoms with E-state index in [1.54, 1.807) is 0 Å². The summed E-state index contributed by atoms with van der Waals surface area (Å²) in [6.07, 6.45) is 0. The molecule has 0 bridgehead atoms. The lowest BCUT2D eigenvalue weighted by Gasteiger charge is -2.29. The first kappa shape index (κ1) is 48.5. The predicted octanol–water partition coefficient (Wildman–Crippen LogP) is 15.3. The third kappa shape index (κ3) is 10.8. The van der Waals surface area contributed by atoms with Gasteiger partial charge >= 0.3 is 0 Å². The molecular formula is C57H70O4P2. The van der Waals surface area contributed by atoms with Gasteiger partial charge in [-0.3, -0.25) is 0 Å². The van der Waals surface area contributed by atoms with Gasteiger partial charge in [-0.25, -0.2) is 0 Å². The van der Waals surface area contributed by atoms with E-state index in [4.69, 9.17) is 9.05 Å². The zero-order valence-electron chi connectivity index (χ0n) is 40.7. The van der Waals surface area contributed by atoms with Crippen LogP contribution in [-0.2, 0) is 30.7 Å². The average Bonchev–Trinajstić information content (AvgIpc) is 3.19. The lowest BCUT2D eigenvalue weighted by Crippen LogP contribution is -2.18. The van der Waals surface area contributed by atoms with E-state index in [2.05, 4.69) is 196 Å². The van der Waals surface area contributed by atoms with Crippen LogP contribution in [0.5, 0.6) is 0 Å². The van der Waals surface area contributed by atoms with Crippen LogP contribution in [0.25, 0.3) is 44.5 Å². The van der Waals surface area contributed by atoms with Crippen molar-refractivity contribution in [2.75, 3.05) is 6.79 Å². The molecule has 0 aliphatic rings. The fourth-order valence-corrected chi connectivity index (χ4v) is 10.7. The standard InChI is InChI=1S/C57H70O4P2/c1-36-23-27-40(46(31-36)54(5,6)7)42-19-17-21-50(52(42)44-29-25-38(3)33-48(44)56(11,12)13)62(58)60-35-61-63(59)51-22-18-20-43(41-28-24-37(2)32-47(41)55(8,9)10)53(51)45-30-26-39(4)34-49(45)57(14,15)16/h17-34,58-59H,35H2,1-16H3. The SMILES string of the molecule is Cc1ccc(-c2cccc(P(O)OCOP(O)c3cccc(-c4ccc(C)cc4C(C)(C)C)c3-c3ccc(C)cc3C(C)(C)C)c2-c2ccc(C)cc2C(C)(C)C)c(C(C)(C)C)c1. The van der Waals surface area contributed by atoms with Gasteiger partial charge in [-0.2, -0.15) is 0 Å². The first-order valence-electron chi connectivity index (χ1n) is 22.2. The Morgan fingerprint density at radius 3 is 0.921 bits per heavy atom. The van der Waals surface area contributed by atoms with E-state index < -0.39 is 16.8 Å². The molecule has 6 rings (SSSR count). The van der Waals surface area contributed by atoms with Crippen LogP contribution >= 0.6 is 16.8 Å². The van der Waals surface area contributed by atoms with Gasteiger partial charge < -0.3 is 18.8 Å². The van der Waals surface area contributed by atoms with E-state index in [1.807, 2.05) is 24.3 Å². The highest BCUT2D eigenvalue weighted by molar-refractivity contribution is 7.56. The molecule has 0 saturated carbocycles. The molecule has 0 aliphatic heterocycles. The average molecular weight is 881 g/mol. The molecule has 4 nitrogen and oxygen atoms in total. The summed E-state index contributed by atoms with van der Waals surface area (Å²) in [6.45, 7) is 35.2. The van der Waals surface area contributed by atoms with Gasteiger partial charge in [0, 0.05) is 21.7 Å². The van der Waals surface area contributed by atoms with Crippen molar-refractivity contribution in [3.05, 3.63) is 154 Å². The van der Waals surface area contributed by atoms with E-state index >= 15 is 0 Å². The number of aryl methyl sites for hydroxylation is 4. The van der Waals surface area contributed by atoms with Crippen LogP contribution in [0, 0.1) is 27.7 Å². The fraction of sp³-hybridized carbons (Fsp3) is 0.368. The van der Waals surface area contributed by atoms with Crippen LogP contribution in [0.3, 0.4) is 0 Å². The van der Waals surface area contributed by atoms with E-state index in [-0.39, 0.29) is 28.5 Å². The van der Waals surface area contributed by atoms with Gasteiger partial charge in [-0.15, -0.1) is 0 Å². The van der Waals surface area contributed by atoms with Crippen LogP contribution in [0.2, 0.25) is 0 Å². The zero-order valence-corrected chi connectivity index (χ0v) is 42.5. The minimum absolute atomic E-state index is 0.127. The molecule has 0 heterocycles. The lowest BCUT2D eigenvalue weighted by atomic mass is 9.77. The summed E-state index contributed by atoms with van der Waals surface area (Å²) in [7, 11) is -4.38. The van der Waals surface area contributed by atoms with Gasteiger partial charge in [0.05, 0.1) is 0 Å². The third-order valence-electron chi connectivity index (χ3n) is 11.9. The molecule has 6 aromatic rings. The highest BCUT2D eigenvalue weighted by Crippen LogP contribution is 2.49. The van der Waals surface area contributed by atoms with E-state index in [9.17, 15) is 9.79 Å². The topological polar surface area (TPSA) is 58.9 Å². The summed E-state index contributed by atoms with van der Waals surface area (Å²) in [5.74, 6) is 0. The van der Waals surface area contributed by atoms with Crippen molar-refractivity contribution >= 4 is 27.4 Å². The maximum atomic E-state index is 12.2. The van der Waals surface area contributed by atoms with Crippen molar-refractivity contribution in [1.82, 2.24) is 0 Å². The van der Waals surface area contributed by atoms with Gasteiger partial charge in [-0.1, -0.05) is 202 Å². The van der Waals surface area contributed by atoms with E-state index in [0.717, 1.165) is 44.5 Å². The smallest absolute Gasteiger partial charge is 0.205 e. The number of hydrogen-bond acceptors (Lipinski definition) is 4. The largest absolute Gasteiger partial charge is 0.346 e. The van der Waals surface area contributed by atoms with Crippen molar-refractivity contribution in [3.8, 4) is 44.5 Å². The third-order valence-corrected chi connectivity index (χ3v) is 14.2. The molecular weight excluding hydrogens is 811 g/mol. The number of rotatable bonds is 10. The molecule has 0 saturated heterocycles. The second kappa shape index (κ2) is 18.5. The predicted molar refractivity (Wildman–Crippen MR) is 273 cm³/mol. The van der Waals surface area contributed by atoms with Crippen LogP contribution in [0.15, 0.2) is 109 Å². The first-order chi connectivity index (χ1) is 29.3. The maximum absolute atomic E-state index is 12.2. The van der Waals surface area contributed by atoms with Gasteiger partial charge in [0.2, 0.25) is 16.8 Å². The van der Waals surface area contributed by atoms with Gasteiger partial charge in [0.25, 0.3) is 0 Å². The molecule has 0 spiro atoms.